The van der Waals surface area contributed by atoms with Crippen molar-refractivity contribution in [1.29, 1.82) is 0 Å². The third-order valence-electron chi connectivity index (χ3n) is 1.45. The molecule has 0 unspecified atom stereocenters. The molecule has 4 heteroatoms. The van der Waals surface area contributed by atoms with Gasteiger partial charge in [0.1, 0.15) is 5.82 Å². The molecule has 0 bridgehead atoms. The van der Waals surface area contributed by atoms with Crippen molar-refractivity contribution in [2.45, 2.75) is 26.8 Å². The van der Waals surface area contributed by atoms with Gasteiger partial charge in [0.2, 0.25) is 0 Å². The van der Waals surface area contributed by atoms with Crippen molar-refractivity contribution < 1.29 is 4.74 Å². The van der Waals surface area contributed by atoms with Gasteiger partial charge in [0, 0.05) is 17.8 Å². The summed E-state index contributed by atoms with van der Waals surface area (Å²) in [7, 11) is 1.56. The first-order valence-electron chi connectivity index (χ1n) is 4.28. The second-order valence-corrected chi connectivity index (χ2v) is 3.18. The van der Waals surface area contributed by atoms with E-state index in [0.717, 1.165) is 11.5 Å². The van der Waals surface area contributed by atoms with E-state index in [1.807, 2.05) is 13.0 Å². The molecule has 0 aliphatic rings. The zero-order valence-corrected chi connectivity index (χ0v) is 8.46. The van der Waals surface area contributed by atoms with Gasteiger partial charge in [0.15, 0.2) is 0 Å². The van der Waals surface area contributed by atoms with Crippen LogP contribution in [0.25, 0.3) is 0 Å². The van der Waals surface area contributed by atoms with E-state index in [2.05, 4.69) is 29.1 Å². The number of nitrogens with one attached hydrogen (secondary N) is 1. The zero-order chi connectivity index (χ0) is 9.84. The molecule has 72 valence electrons. The maximum Gasteiger partial charge on any atom is 0.318 e. The van der Waals surface area contributed by atoms with E-state index in [1.165, 1.54) is 0 Å². The maximum absolute atomic E-state index is 4.96. The van der Waals surface area contributed by atoms with Gasteiger partial charge in [-0.1, -0.05) is 0 Å². The van der Waals surface area contributed by atoms with Gasteiger partial charge in [-0.05, 0) is 20.8 Å². The van der Waals surface area contributed by atoms with Crippen LogP contribution in [0.5, 0.6) is 6.01 Å². The predicted molar refractivity (Wildman–Crippen MR) is 52.1 cm³/mol. The van der Waals surface area contributed by atoms with Gasteiger partial charge in [0.05, 0.1) is 7.11 Å². The molecule has 0 atom stereocenters. The van der Waals surface area contributed by atoms with Crippen LogP contribution in [0.1, 0.15) is 19.5 Å². The molecular weight excluding hydrogens is 166 g/mol. The van der Waals surface area contributed by atoms with E-state index in [0.29, 0.717) is 12.1 Å². The highest BCUT2D eigenvalue weighted by atomic mass is 16.5. The number of ether oxygens (including phenoxy) is 1. The molecule has 1 heterocycles. The van der Waals surface area contributed by atoms with Crippen LogP contribution in [-0.2, 0) is 0 Å². The minimum Gasteiger partial charge on any atom is -0.467 e. The molecule has 0 aromatic carbocycles. The molecule has 0 saturated carbocycles. The summed E-state index contributed by atoms with van der Waals surface area (Å²) in [6.45, 7) is 6.03. The van der Waals surface area contributed by atoms with E-state index in [9.17, 15) is 0 Å². The summed E-state index contributed by atoms with van der Waals surface area (Å²) >= 11 is 0. The average Bonchev–Trinajstić information content (AvgIpc) is 2.01. The third kappa shape index (κ3) is 2.89. The quantitative estimate of drug-likeness (QED) is 0.769. The average molecular weight is 181 g/mol. The number of aryl methyl sites for hydroxylation is 1. The molecule has 0 amide bonds. The number of hydrogen-bond acceptors (Lipinski definition) is 4. The smallest absolute Gasteiger partial charge is 0.318 e. The highest BCUT2D eigenvalue weighted by Crippen LogP contribution is 2.11. The van der Waals surface area contributed by atoms with Gasteiger partial charge in [0.25, 0.3) is 0 Å². The van der Waals surface area contributed by atoms with Crippen molar-refractivity contribution >= 4 is 5.82 Å². The number of methoxy groups -OCH3 is 1. The Bertz CT molecular complexity index is 286. The molecule has 1 aromatic rings. The molecule has 13 heavy (non-hydrogen) atoms. The summed E-state index contributed by atoms with van der Waals surface area (Å²) < 4.78 is 4.96. The van der Waals surface area contributed by atoms with Crippen molar-refractivity contribution in [2.75, 3.05) is 12.4 Å². The van der Waals surface area contributed by atoms with Gasteiger partial charge < -0.3 is 10.1 Å². The number of aromatic nitrogens is 2. The predicted octanol–water partition coefficient (Wildman–Crippen LogP) is 1.61. The van der Waals surface area contributed by atoms with Crippen LogP contribution in [0.3, 0.4) is 0 Å². The fourth-order valence-corrected chi connectivity index (χ4v) is 1.00. The standard InChI is InChI=1S/C9H15N3O/c1-6(2)10-8-5-7(3)11-9(12-8)13-4/h5-6H,1-4H3,(H,10,11,12). The minimum absolute atomic E-state index is 0.360. The van der Waals surface area contributed by atoms with Crippen LogP contribution >= 0.6 is 0 Å². The van der Waals surface area contributed by atoms with Crippen LogP contribution in [0.2, 0.25) is 0 Å². The zero-order valence-electron chi connectivity index (χ0n) is 8.46. The van der Waals surface area contributed by atoms with E-state index in [1.54, 1.807) is 7.11 Å². The summed E-state index contributed by atoms with van der Waals surface area (Å²) in [5.41, 5.74) is 0.898. The van der Waals surface area contributed by atoms with Crippen molar-refractivity contribution in [3.8, 4) is 6.01 Å². The van der Waals surface area contributed by atoms with Crippen LogP contribution in [0.15, 0.2) is 6.07 Å². The number of hydrogen-bond donors (Lipinski definition) is 1. The van der Waals surface area contributed by atoms with Crippen LogP contribution in [-0.4, -0.2) is 23.1 Å². The third-order valence-corrected chi connectivity index (χ3v) is 1.45. The fourth-order valence-electron chi connectivity index (χ4n) is 1.00. The number of anilines is 1. The van der Waals surface area contributed by atoms with Crippen LogP contribution < -0.4 is 10.1 Å². The van der Waals surface area contributed by atoms with Crippen molar-refractivity contribution in [3.63, 3.8) is 0 Å². The molecule has 4 nitrogen and oxygen atoms in total. The Morgan fingerprint density at radius 3 is 2.62 bits per heavy atom. The highest BCUT2D eigenvalue weighted by Gasteiger charge is 2.02. The highest BCUT2D eigenvalue weighted by molar-refractivity contribution is 5.37. The van der Waals surface area contributed by atoms with Crippen molar-refractivity contribution in [3.05, 3.63) is 11.8 Å². The Morgan fingerprint density at radius 1 is 1.38 bits per heavy atom. The normalized spacial score (nSPS) is 10.2. The second-order valence-electron chi connectivity index (χ2n) is 3.18. The number of rotatable bonds is 3. The SMILES string of the molecule is COc1nc(C)cc(NC(C)C)n1. The summed E-state index contributed by atoms with van der Waals surface area (Å²) in [6.07, 6.45) is 0. The molecule has 1 rings (SSSR count). The van der Waals surface area contributed by atoms with Gasteiger partial charge in [-0.15, -0.1) is 0 Å². The van der Waals surface area contributed by atoms with Gasteiger partial charge in [-0.3, -0.25) is 0 Å². The molecule has 0 aliphatic heterocycles. The van der Waals surface area contributed by atoms with Gasteiger partial charge in [-0.2, -0.15) is 4.98 Å². The second kappa shape index (κ2) is 4.07. The summed E-state index contributed by atoms with van der Waals surface area (Å²) in [4.78, 5) is 8.23. The fraction of sp³-hybridized carbons (Fsp3) is 0.556. The van der Waals surface area contributed by atoms with Crippen LogP contribution in [0.4, 0.5) is 5.82 Å². The van der Waals surface area contributed by atoms with E-state index < -0.39 is 0 Å². The minimum atomic E-state index is 0.360. The first-order valence-corrected chi connectivity index (χ1v) is 4.28. The Hall–Kier alpha value is -1.32. The van der Waals surface area contributed by atoms with Gasteiger partial charge in [-0.25, -0.2) is 4.98 Å². The monoisotopic (exact) mass is 181 g/mol. The molecular formula is C9H15N3O. The molecule has 0 spiro atoms. The van der Waals surface area contributed by atoms with Crippen molar-refractivity contribution in [1.82, 2.24) is 9.97 Å². The van der Waals surface area contributed by atoms with Gasteiger partial charge >= 0.3 is 6.01 Å². The molecule has 1 aromatic heterocycles. The van der Waals surface area contributed by atoms with E-state index in [-0.39, 0.29) is 0 Å². The Morgan fingerprint density at radius 2 is 2.08 bits per heavy atom. The Kier molecular flexibility index (Phi) is 3.06. The molecule has 0 saturated heterocycles. The molecule has 0 aliphatic carbocycles. The Labute approximate surface area is 78.4 Å². The first kappa shape index (κ1) is 9.77. The lowest BCUT2D eigenvalue weighted by molar-refractivity contribution is 0.379. The summed E-state index contributed by atoms with van der Waals surface area (Å²) in [5.74, 6) is 0.805. The molecule has 0 radical (unpaired) electrons. The maximum atomic E-state index is 4.96. The topological polar surface area (TPSA) is 47.0 Å². The largest absolute Gasteiger partial charge is 0.467 e. The number of nitrogens with zero attached hydrogens (tertiary/aromatic N) is 2. The van der Waals surface area contributed by atoms with Crippen LogP contribution in [0, 0.1) is 6.92 Å². The summed E-state index contributed by atoms with van der Waals surface area (Å²) in [6, 6.07) is 2.66. The molecule has 1 N–H and O–H groups in total. The first-order chi connectivity index (χ1) is 6.11. The lowest BCUT2D eigenvalue weighted by Crippen LogP contribution is -2.11. The van der Waals surface area contributed by atoms with E-state index in [4.69, 9.17) is 4.74 Å². The van der Waals surface area contributed by atoms with Crippen molar-refractivity contribution in [2.24, 2.45) is 0 Å². The van der Waals surface area contributed by atoms with E-state index >= 15 is 0 Å². The lowest BCUT2D eigenvalue weighted by atomic mass is 10.3. The lowest BCUT2D eigenvalue weighted by Gasteiger charge is -2.09. The summed E-state index contributed by atoms with van der Waals surface area (Å²) in [5, 5.41) is 3.19. The molecule has 0 fully saturated rings. The Balaban J connectivity index is 2.88.